The van der Waals surface area contributed by atoms with Gasteiger partial charge in [-0.3, -0.25) is 0 Å². The second kappa shape index (κ2) is 6.59. The lowest BCUT2D eigenvalue weighted by Gasteiger charge is -2.27. The lowest BCUT2D eigenvalue weighted by molar-refractivity contribution is 0.126. The topological polar surface area (TPSA) is 57.2 Å². The molecule has 2 rings (SSSR count). The van der Waals surface area contributed by atoms with Gasteiger partial charge in [0.15, 0.2) is 0 Å². The van der Waals surface area contributed by atoms with E-state index in [4.69, 9.17) is 0 Å². The normalized spacial score (nSPS) is 23.7. The van der Waals surface area contributed by atoms with Crippen LogP contribution in [0.25, 0.3) is 0 Å². The molecule has 0 atom stereocenters. The van der Waals surface area contributed by atoms with Gasteiger partial charge in [-0.1, -0.05) is 6.92 Å². The van der Waals surface area contributed by atoms with E-state index in [2.05, 4.69) is 28.6 Å². The SMILES string of the molecule is CCCNc1cc(NC2CCC(O)CC2)ccn1. The average molecular weight is 249 g/mol. The van der Waals surface area contributed by atoms with E-state index in [1.165, 1.54) is 0 Å². The summed E-state index contributed by atoms with van der Waals surface area (Å²) in [5.41, 5.74) is 1.12. The number of anilines is 2. The number of aromatic nitrogens is 1. The predicted octanol–water partition coefficient (Wildman–Crippen LogP) is 2.62. The number of aliphatic hydroxyl groups is 1. The number of nitrogens with zero attached hydrogens (tertiary/aromatic N) is 1. The van der Waals surface area contributed by atoms with Crippen LogP contribution >= 0.6 is 0 Å². The second-order valence-electron chi connectivity index (χ2n) is 5.01. The molecule has 0 unspecified atom stereocenters. The zero-order chi connectivity index (χ0) is 12.8. The van der Waals surface area contributed by atoms with E-state index in [9.17, 15) is 5.11 Å². The summed E-state index contributed by atoms with van der Waals surface area (Å²) in [4.78, 5) is 4.29. The molecule has 1 aliphatic rings. The fraction of sp³-hybridized carbons (Fsp3) is 0.643. The van der Waals surface area contributed by atoms with Crippen LogP contribution in [0.15, 0.2) is 18.3 Å². The first-order valence-electron chi connectivity index (χ1n) is 6.92. The molecule has 1 fully saturated rings. The summed E-state index contributed by atoms with van der Waals surface area (Å²) in [5, 5.41) is 16.3. The van der Waals surface area contributed by atoms with Crippen molar-refractivity contribution in [2.75, 3.05) is 17.2 Å². The molecule has 1 saturated carbocycles. The number of nitrogens with one attached hydrogen (secondary N) is 2. The van der Waals surface area contributed by atoms with Gasteiger partial charge in [0, 0.05) is 30.5 Å². The Labute approximate surface area is 109 Å². The molecule has 0 aromatic carbocycles. The summed E-state index contributed by atoms with van der Waals surface area (Å²) in [7, 11) is 0. The fourth-order valence-corrected chi connectivity index (χ4v) is 2.33. The quantitative estimate of drug-likeness (QED) is 0.751. The molecule has 18 heavy (non-hydrogen) atoms. The molecule has 0 bridgehead atoms. The smallest absolute Gasteiger partial charge is 0.127 e. The van der Waals surface area contributed by atoms with Gasteiger partial charge in [-0.2, -0.15) is 0 Å². The number of hydrogen-bond acceptors (Lipinski definition) is 4. The molecule has 4 nitrogen and oxygen atoms in total. The van der Waals surface area contributed by atoms with Crippen LogP contribution in [-0.4, -0.2) is 28.8 Å². The Morgan fingerprint density at radius 1 is 1.33 bits per heavy atom. The maximum absolute atomic E-state index is 9.49. The fourth-order valence-electron chi connectivity index (χ4n) is 2.33. The van der Waals surface area contributed by atoms with Gasteiger partial charge in [0.2, 0.25) is 0 Å². The maximum Gasteiger partial charge on any atom is 0.127 e. The van der Waals surface area contributed by atoms with Gasteiger partial charge in [0.1, 0.15) is 5.82 Å². The van der Waals surface area contributed by atoms with E-state index >= 15 is 0 Å². The molecule has 0 radical (unpaired) electrons. The summed E-state index contributed by atoms with van der Waals surface area (Å²) >= 11 is 0. The lowest BCUT2D eigenvalue weighted by atomic mass is 9.93. The van der Waals surface area contributed by atoms with Crippen molar-refractivity contribution in [1.82, 2.24) is 4.98 Å². The van der Waals surface area contributed by atoms with Gasteiger partial charge in [0.05, 0.1) is 6.10 Å². The van der Waals surface area contributed by atoms with Crippen LogP contribution < -0.4 is 10.6 Å². The highest BCUT2D eigenvalue weighted by Crippen LogP contribution is 2.22. The first kappa shape index (κ1) is 13.1. The molecule has 0 saturated heterocycles. The van der Waals surface area contributed by atoms with Crippen molar-refractivity contribution in [1.29, 1.82) is 0 Å². The van der Waals surface area contributed by atoms with E-state index in [1.807, 2.05) is 12.3 Å². The summed E-state index contributed by atoms with van der Waals surface area (Å²) < 4.78 is 0. The number of pyridine rings is 1. The first-order valence-corrected chi connectivity index (χ1v) is 6.92. The second-order valence-corrected chi connectivity index (χ2v) is 5.01. The Hall–Kier alpha value is -1.29. The van der Waals surface area contributed by atoms with Gasteiger partial charge in [-0.05, 0) is 38.2 Å². The van der Waals surface area contributed by atoms with Crippen LogP contribution in [0.4, 0.5) is 11.5 Å². The summed E-state index contributed by atoms with van der Waals surface area (Å²) in [6, 6.07) is 4.54. The maximum atomic E-state index is 9.49. The Kier molecular flexibility index (Phi) is 4.81. The molecule has 100 valence electrons. The van der Waals surface area contributed by atoms with E-state index in [1.54, 1.807) is 0 Å². The number of aliphatic hydroxyl groups excluding tert-OH is 1. The van der Waals surface area contributed by atoms with Crippen molar-refractivity contribution in [3.05, 3.63) is 18.3 Å². The molecular formula is C14H23N3O. The molecule has 1 aliphatic carbocycles. The molecule has 4 heteroatoms. The zero-order valence-electron chi connectivity index (χ0n) is 11.0. The highest BCUT2D eigenvalue weighted by atomic mass is 16.3. The van der Waals surface area contributed by atoms with Gasteiger partial charge in [-0.25, -0.2) is 4.98 Å². The van der Waals surface area contributed by atoms with Crippen molar-refractivity contribution >= 4 is 11.5 Å². The van der Waals surface area contributed by atoms with Gasteiger partial charge >= 0.3 is 0 Å². The van der Waals surface area contributed by atoms with Crippen molar-refractivity contribution < 1.29 is 5.11 Å². The number of rotatable bonds is 5. The van der Waals surface area contributed by atoms with E-state index < -0.39 is 0 Å². The highest BCUT2D eigenvalue weighted by Gasteiger charge is 2.18. The number of hydrogen-bond donors (Lipinski definition) is 3. The molecule has 0 spiro atoms. The molecule has 3 N–H and O–H groups in total. The molecular weight excluding hydrogens is 226 g/mol. The third-order valence-corrected chi connectivity index (χ3v) is 3.38. The molecule has 0 amide bonds. The van der Waals surface area contributed by atoms with Crippen molar-refractivity contribution in [2.45, 2.75) is 51.2 Å². The predicted molar refractivity (Wildman–Crippen MR) is 74.9 cm³/mol. The zero-order valence-corrected chi connectivity index (χ0v) is 11.0. The minimum atomic E-state index is -0.0951. The molecule has 1 heterocycles. The first-order chi connectivity index (χ1) is 8.78. The van der Waals surface area contributed by atoms with E-state index in [0.29, 0.717) is 6.04 Å². The van der Waals surface area contributed by atoms with Crippen LogP contribution in [0.1, 0.15) is 39.0 Å². The van der Waals surface area contributed by atoms with Crippen LogP contribution in [0.2, 0.25) is 0 Å². The van der Waals surface area contributed by atoms with Crippen LogP contribution in [0.3, 0.4) is 0 Å². The summed E-state index contributed by atoms with van der Waals surface area (Å²) in [6.07, 6.45) is 6.73. The Morgan fingerprint density at radius 2 is 2.11 bits per heavy atom. The van der Waals surface area contributed by atoms with Crippen molar-refractivity contribution in [2.24, 2.45) is 0 Å². The monoisotopic (exact) mass is 249 g/mol. The summed E-state index contributed by atoms with van der Waals surface area (Å²) in [5.74, 6) is 0.928. The van der Waals surface area contributed by atoms with Gasteiger partial charge < -0.3 is 15.7 Å². The van der Waals surface area contributed by atoms with Crippen molar-refractivity contribution in [3.8, 4) is 0 Å². The average Bonchev–Trinajstić information content (AvgIpc) is 2.40. The standard InChI is InChI=1S/C14H23N3O/c1-2-8-15-14-10-12(7-9-16-14)17-11-3-5-13(18)6-4-11/h7,9-11,13,18H,2-6,8H2,1H3,(H2,15,16,17). The van der Waals surface area contributed by atoms with E-state index in [0.717, 1.165) is 50.2 Å². The van der Waals surface area contributed by atoms with Gasteiger partial charge in [0.25, 0.3) is 0 Å². The Morgan fingerprint density at radius 3 is 2.83 bits per heavy atom. The van der Waals surface area contributed by atoms with Gasteiger partial charge in [-0.15, -0.1) is 0 Å². The van der Waals surface area contributed by atoms with Crippen molar-refractivity contribution in [3.63, 3.8) is 0 Å². The third-order valence-electron chi connectivity index (χ3n) is 3.38. The van der Waals surface area contributed by atoms with Crippen LogP contribution in [0.5, 0.6) is 0 Å². The molecule has 0 aliphatic heterocycles. The Balaban J connectivity index is 1.88. The summed E-state index contributed by atoms with van der Waals surface area (Å²) in [6.45, 7) is 3.09. The Bertz CT molecular complexity index is 362. The molecule has 1 aromatic rings. The van der Waals surface area contributed by atoms with E-state index in [-0.39, 0.29) is 6.10 Å². The molecule has 1 aromatic heterocycles. The largest absolute Gasteiger partial charge is 0.393 e. The lowest BCUT2D eigenvalue weighted by Crippen LogP contribution is -2.28. The highest BCUT2D eigenvalue weighted by molar-refractivity contribution is 5.52. The third kappa shape index (κ3) is 3.88. The van der Waals surface area contributed by atoms with Crippen LogP contribution in [0, 0.1) is 0 Å². The van der Waals surface area contributed by atoms with Crippen LogP contribution in [-0.2, 0) is 0 Å². The minimum Gasteiger partial charge on any atom is -0.393 e. The minimum absolute atomic E-state index is 0.0951.